The number of aromatic nitrogens is 1. The predicted octanol–water partition coefficient (Wildman–Crippen LogP) is 1.68. The van der Waals surface area contributed by atoms with Crippen LogP contribution in [-0.4, -0.2) is 28.5 Å². The van der Waals surface area contributed by atoms with Gasteiger partial charge in [0.05, 0.1) is 10.7 Å². The third-order valence-electron chi connectivity index (χ3n) is 3.29. The second kappa shape index (κ2) is 4.20. The molecule has 0 saturated carbocycles. The first-order valence-corrected chi connectivity index (χ1v) is 6.32. The Morgan fingerprint density at radius 2 is 2.27 bits per heavy atom. The Kier molecular flexibility index (Phi) is 3.09. The summed E-state index contributed by atoms with van der Waals surface area (Å²) in [5.74, 6) is 0. The van der Waals surface area contributed by atoms with Crippen molar-refractivity contribution in [2.75, 3.05) is 6.54 Å². The molecule has 2 rings (SSSR count). The van der Waals surface area contributed by atoms with E-state index in [9.17, 15) is 0 Å². The van der Waals surface area contributed by atoms with Crippen LogP contribution < -0.4 is 5.73 Å². The van der Waals surface area contributed by atoms with E-state index >= 15 is 0 Å². The molecule has 2 N–H and O–H groups in total. The summed E-state index contributed by atoms with van der Waals surface area (Å²) in [5.41, 5.74) is 7.20. The number of nitrogens with zero attached hydrogens (tertiary/aromatic N) is 2. The van der Waals surface area contributed by atoms with Crippen molar-refractivity contribution in [1.82, 2.24) is 9.88 Å². The minimum absolute atomic E-state index is 0.347. The predicted molar refractivity (Wildman–Crippen MR) is 64.1 cm³/mol. The van der Waals surface area contributed by atoms with Gasteiger partial charge in [-0.05, 0) is 27.2 Å². The molecule has 0 aromatic carbocycles. The van der Waals surface area contributed by atoms with Crippen LogP contribution in [0.25, 0.3) is 0 Å². The van der Waals surface area contributed by atoms with E-state index in [1.807, 2.05) is 11.3 Å². The summed E-state index contributed by atoms with van der Waals surface area (Å²) in [7, 11) is 0. The Morgan fingerprint density at radius 3 is 2.73 bits per heavy atom. The van der Waals surface area contributed by atoms with E-state index < -0.39 is 0 Å². The fourth-order valence-corrected chi connectivity index (χ4v) is 3.12. The Morgan fingerprint density at radius 1 is 1.53 bits per heavy atom. The molecule has 2 heterocycles. The Labute approximate surface area is 95.3 Å². The Balaban J connectivity index is 2.06. The van der Waals surface area contributed by atoms with Crippen molar-refractivity contribution in [2.24, 2.45) is 5.73 Å². The highest BCUT2D eigenvalue weighted by Gasteiger charge is 2.28. The minimum Gasteiger partial charge on any atom is -0.326 e. The number of rotatable bonds is 2. The van der Waals surface area contributed by atoms with Crippen LogP contribution in [0.2, 0.25) is 0 Å². The van der Waals surface area contributed by atoms with E-state index in [0.29, 0.717) is 12.1 Å². The van der Waals surface area contributed by atoms with Crippen molar-refractivity contribution >= 4 is 11.3 Å². The van der Waals surface area contributed by atoms with Crippen molar-refractivity contribution in [3.05, 3.63) is 15.6 Å². The molecule has 2 unspecified atom stereocenters. The van der Waals surface area contributed by atoms with Gasteiger partial charge in [0.25, 0.3) is 0 Å². The molecular weight excluding hydrogens is 206 g/mol. The van der Waals surface area contributed by atoms with Gasteiger partial charge >= 0.3 is 0 Å². The largest absolute Gasteiger partial charge is 0.326 e. The molecule has 0 aliphatic carbocycles. The zero-order valence-electron chi connectivity index (χ0n) is 9.66. The minimum atomic E-state index is 0.347. The summed E-state index contributed by atoms with van der Waals surface area (Å²) < 4.78 is 0. The molecule has 84 valence electrons. The summed E-state index contributed by atoms with van der Waals surface area (Å²) in [6, 6.07) is 0.853. The summed E-state index contributed by atoms with van der Waals surface area (Å²) >= 11 is 1.81. The summed E-state index contributed by atoms with van der Waals surface area (Å²) in [6.45, 7) is 8.53. The van der Waals surface area contributed by atoms with E-state index in [4.69, 9.17) is 5.73 Å². The van der Waals surface area contributed by atoms with E-state index in [1.165, 1.54) is 15.6 Å². The van der Waals surface area contributed by atoms with Crippen LogP contribution in [0.4, 0.5) is 0 Å². The molecule has 1 aromatic rings. The van der Waals surface area contributed by atoms with Crippen molar-refractivity contribution in [3.8, 4) is 0 Å². The van der Waals surface area contributed by atoms with Gasteiger partial charge in [-0.2, -0.15) is 0 Å². The van der Waals surface area contributed by atoms with Gasteiger partial charge in [-0.15, -0.1) is 11.3 Å². The summed E-state index contributed by atoms with van der Waals surface area (Å²) in [4.78, 5) is 8.32. The number of hydrogen-bond acceptors (Lipinski definition) is 4. The van der Waals surface area contributed by atoms with Crippen LogP contribution >= 0.6 is 11.3 Å². The Hall–Kier alpha value is -0.450. The van der Waals surface area contributed by atoms with Crippen LogP contribution in [0.15, 0.2) is 0 Å². The standard InChI is InChI=1S/C11H19N3S/c1-7-11(15-9(3)13-7)6-14-5-4-10(12)8(14)2/h8,10H,4-6,12H2,1-3H3. The maximum atomic E-state index is 6.01. The molecule has 0 radical (unpaired) electrons. The summed E-state index contributed by atoms with van der Waals surface area (Å²) in [5, 5.41) is 1.17. The van der Waals surface area contributed by atoms with Crippen molar-refractivity contribution in [1.29, 1.82) is 0 Å². The second-order valence-corrected chi connectivity index (χ2v) is 5.69. The van der Waals surface area contributed by atoms with E-state index in [0.717, 1.165) is 19.5 Å². The van der Waals surface area contributed by atoms with Gasteiger partial charge in [-0.1, -0.05) is 0 Å². The van der Waals surface area contributed by atoms with Crippen LogP contribution in [-0.2, 0) is 6.54 Å². The van der Waals surface area contributed by atoms with Gasteiger partial charge in [0.2, 0.25) is 0 Å². The first-order chi connectivity index (χ1) is 7.08. The molecule has 3 nitrogen and oxygen atoms in total. The monoisotopic (exact) mass is 225 g/mol. The number of hydrogen-bond donors (Lipinski definition) is 1. The van der Waals surface area contributed by atoms with Crippen molar-refractivity contribution in [3.63, 3.8) is 0 Å². The smallest absolute Gasteiger partial charge is 0.0900 e. The lowest BCUT2D eigenvalue weighted by molar-refractivity contribution is 0.253. The molecule has 1 aliphatic rings. The van der Waals surface area contributed by atoms with E-state index in [2.05, 4.69) is 30.7 Å². The Bertz CT molecular complexity index is 348. The number of nitrogens with two attached hydrogens (primary N) is 1. The maximum absolute atomic E-state index is 6.01. The fourth-order valence-electron chi connectivity index (χ4n) is 2.16. The maximum Gasteiger partial charge on any atom is 0.0900 e. The quantitative estimate of drug-likeness (QED) is 0.832. The van der Waals surface area contributed by atoms with Crippen LogP contribution in [0.3, 0.4) is 0 Å². The zero-order chi connectivity index (χ0) is 11.0. The van der Waals surface area contributed by atoms with Gasteiger partial charge in [-0.3, -0.25) is 4.90 Å². The zero-order valence-corrected chi connectivity index (χ0v) is 10.5. The highest BCUT2D eigenvalue weighted by Crippen LogP contribution is 2.24. The average Bonchev–Trinajstić information content (AvgIpc) is 2.64. The molecule has 0 bridgehead atoms. The molecule has 1 saturated heterocycles. The molecular formula is C11H19N3S. The SMILES string of the molecule is Cc1nc(C)c(CN2CCC(N)C2C)s1. The third kappa shape index (κ3) is 2.22. The van der Waals surface area contributed by atoms with Gasteiger partial charge in [0.15, 0.2) is 0 Å². The van der Waals surface area contributed by atoms with Gasteiger partial charge < -0.3 is 5.73 Å². The number of aryl methyl sites for hydroxylation is 2. The first-order valence-electron chi connectivity index (χ1n) is 5.50. The number of likely N-dealkylation sites (tertiary alicyclic amines) is 1. The molecule has 4 heteroatoms. The van der Waals surface area contributed by atoms with Gasteiger partial charge in [-0.25, -0.2) is 4.98 Å². The molecule has 2 atom stereocenters. The van der Waals surface area contributed by atoms with Crippen LogP contribution in [0.5, 0.6) is 0 Å². The van der Waals surface area contributed by atoms with Gasteiger partial charge in [0.1, 0.15) is 0 Å². The lowest BCUT2D eigenvalue weighted by Crippen LogP contribution is -2.36. The van der Waals surface area contributed by atoms with Crippen LogP contribution in [0, 0.1) is 13.8 Å². The molecule has 0 spiro atoms. The normalized spacial score (nSPS) is 27.5. The number of thiazole rings is 1. The molecule has 15 heavy (non-hydrogen) atoms. The lowest BCUT2D eigenvalue weighted by Gasteiger charge is -2.22. The summed E-state index contributed by atoms with van der Waals surface area (Å²) in [6.07, 6.45) is 1.12. The van der Waals surface area contributed by atoms with Crippen LogP contribution in [0.1, 0.15) is 28.9 Å². The average molecular weight is 225 g/mol. The fraction of sp³-hybridized carbons (Fsp3) is 0.727. The molecule has 1 aliphatic heterocycles. The topological polar surface area (TPSA) is 42.2 Å². The van der Waals surface area contributed by atoms with E-state index in [1.54, 1.807) is 0 Å². The highest BCUT2D eigenvalue weighted by molar-refractivity contribution is 7.11. The highest BCUT2D eigenvalue weighted by atomic mass is 32.1. The second-order valence-electron chi connectivity index (χ2n) is 4.41. The van der Waals surface area contributed by atoms with Crippen molar-refractivity contribution < 1.29 is 0 Å². The first kappa shape index (κ1) is 11.0. The third-order valence-corrected chi connectivity index (χ3v) is 4.35. The lowest BCUT2D eigenvalue weighted by atomic mass is 10.2. The van der Waals surface area contributed by atoms with Crippen molar-refractivity contribution in [2.45, 2.75) is 45.8 Å². The molecule has 1 fully saturated rings. The van der Waals surface area contributed by atoms with E-state index in [-0.39, 0.29) is 0 Å². The molecule has 1 aromatic heterocycles. The van der Waals surface area contributed by atoms with Gasteiger partial charge in [0, 0.05) is 30.1 Å². The molecule has 0 amide bonds.